The van der Waals surface area contributed by atoms with E-state index in [-0.39, 0.29) is 58.7 Å². The van der Waals surface area contributed by atoms with E-state index in [1.54, 1.807) is 11.8 Å². The van der Waals surface area contributed by atoms with Gasteiger partial charge >= 0.3 is 57.4 Å². The summed E-state index contributed by atoms with van der Waals surface area (Å²) in [7, 11) is 0. The molecule has 1 atom stereocenters. The van der Waals surface area contributed by atoms with Crippen LogP contribution in [0, 0.1) is 0 Å². The van der Waals surface area contributed by atoms with Gasteiger partial charge in [0.1, 0.15) is 6.04 Å². The van der Waals surface area contributed by atoms with Gasteiger partial charge in [0.2, 0.25) is 5.91 Å². The van der Waals surface area contributed by atoms with Gasteiger partial charge in [0.05, 0.1) is 0 Å². The van der Waals surface area contributed by atoms with Crippen molar-refractivity contribution in [2.75, 3.05) is 12.0 Å². The van der Waals surface area contributed by atoms with Crippen molar-refractivity contribution in [3.8, 4) is 0 Å². The molecule has 0 heterocycles. The number of nitrogens with one attached hydrogen (secondary N) is 1. The largest absolute Gasteiger partial charge is 1.00 e. The molecule has 0 aliphatic carbocycles. The van der Waals surface area contributed by atoms with Crippen LogP contribution in [0.1, 0.15) is 105 Å². The van der Waals surface area contributed by atoms with Crippen LogP contribution in [0.25, 0.3) is 0 Å². The second kappa shape index (κ2) is 24.9. The number of hydrogen-bond donors (Lipinski definition) is 2. The maximum Gasteiger partial charge on any atom is 1.00 e. The van der Waals surface area contributed by atoms with Crippen molar-refractivity contribution in [3.63, 3.8) is 0 Å². The normalized spacial score (nSPS) is 11.9. The van der Waals surface area contributed by atoms with Gasteiger partial charge in [0.25, 0.3) is 0 Å². The number of aliphatic carboxylic acids is 1. The maximum absolute atomic E-state index is 11.9. The van der Waals surface area contributed by atoms with Gasteiger partial charge in [-0.3, -0.25) is 4.79 Å². The number of carboxylic acids is 1. The number of hydrogen-bond acceptors (Lipinski definition) is 3. The van der Waals surface area contributed by atoms with Crippen LogP contribution in [0.2, 0.25) is 0 Å². The molecule has 4 nitrogen and oxygen atoms in total. The number of carbonyl (C=O) groups is 2. The second-order valence-electron chi connectivity index (χ2n) is 7.57. The van der Waals surface area contributed by atoms with Crippen molar-refractivity contribution in [1.29, 1.82) is 0 Å². The molecule has 0 unspecified atom stereocenters. The first-order valence-corrected chi connectivity index (χ1v) is 12.7. The Labute approximate surface area is 227 Å². The molecule has 0 aliphatic heterocycles. The summed E-state index contributed by atoms with van der Waals surface area (Å²) in [6.45, 7) is 2.25. The summed E-state index contributed by atoms with van der Waals surface area (Å²) in [5.74, 6) is -0.330. The smallest absolute Gasteiger partial charge is 1.00 e. The molecule has 0 saturated heterocycles. The van der Waals surface area contributed by atoms with Gasteiger partial charge in [-0.15, -0.1) is 0 Å². The number of carboxylic acid groups (broad SMARTS) is 1. The number of thioether (sulfide) groups is 1. The molecule has 29 heavy (non-hydrogen) atoms. The van der Waals surface area contributed by atoms with Crippen LogP contribution < -0.4 is 56.7 Å². The van der Waals surface area contributed by atoms with E-state index in [1.807, 2.05) is 6.26 Å². The van der Waals surface area contributed by atoms with E-state index in [0.717, 1.165) is 31.4 Å². The third-order valence-electron chi connectivity index (χ3n) is 4.91. The molecular formula is C23H44KNO3S. The fourth-order valence-corrected chi connectivity index (χ4v) is 3.59. The molecule has 0 spiro atoms. The fourth-order valence-electron chi connectivity index (χ4n) is 3.12. The third-order valence-corrected chi connectivity index (χ3v) is 5.55. The van der Waals surface area contributed by atoms with E-state index in [1.165, 1.54) is 57.8 Å². The number of allylic oxidation sites excluding steroid dienone is 2. The predicted molar refractivity (Wildman–Crippen MR) is 123 cm³/mol. The zero-order chi connectivity index (χ0) is 20.9. The fraction of sp³-hybridized carbons (Fsp3) is 0.826. The SMILES string of the molecule is CCCCCCCC/C=C\CCCCCCCC(=O)N[C@@H](CCSC)C(=O)O.[H-].[K+]. The first kappa shape index (κ1) is 31.8. The molecule has 6 heteroatoms. The summed E-state index contributed by atoms with van der Waals surface area (Å²) in [5.41, 5.74) is 0. The Balaban J connectivity index is -0.00000364. The Morgan fingerprint density at radius 2 is 1.45 bits per heavy atom. The van der Waals surface area contributed by atoms with Gasteiger partial charge < -0.3 is 11.8 Å². The summed E-state index contributed by atoms with van der Waals surface area (Å²) >= 11 is 1.59. The van der Waals surface area contributed by atoms with Crippen LogP contribution in [0.15, 0.2) is 12.2 Å². The Hall–Kier alpha value is 0.666. The van der Waals surface area contributed by atoms with Gasteiger partial charge in [0.15, 0.2) is 0 Å². The molecule has 0 saturated carbocycles. The van der Waals surface area contributed by atoms with Crippen LogP contribution in [0.5, 0.6) is 0 Å². The number of carbonyl (C=O) groups excluding carboxylic acids is 1. The molecule has 0 aromatic carbocycles. The van der Waals surface area contributed by atoms with Crippen LogP contribution in [-0.4, -0.2) is 35.0 Å². The molecule has 2 N–H and O–H groups in total. The summed E-state index contributed by atoms with van der Waals surface area (Å²) in [6, 6.07) is -0.747. The van der Waals surface area contributed by atoms with Crippen LogP contribution >= 0.6 is 11.8 Å². The minimum Gasteiger partial charge on any atom is -1.00 e. The van der Waals surface area contributed by atoms with E-state index in [9.17, 15) is 9.59 Å². The van der Waals surface area contributed by atoms with Gasteiger partial charge in [-0.05, 0) is 50.5 Å². The Morgan fingerprint density at radius 1 is 0.931 bits per heavy atom. The molecular weight excluding hydrogens is 409 g/mol. The molecule has 0 aromatic rings. The standard InChI is InChI=1S/C23H43NO3S.K.H/c1-3-4-5-6-7-8-9-10-11-12-13-14-15-16-17-18-22(25)24-21(23(26)27)19-20-28-2;;/h10-11,21H,3-9,12-20H2,1-2H3,(H,24,25)(H,26,27);;/q;+1;-1/b11-10-;;/t21-;;/m0../s1. The Morgan fingerprint density at radius 3 is 1.97 bits per heavy atom. The Bertz CT molecular complexity index is 425. The van der Waals surface area contributed by atoms with Crippen molar-refractivity contribution in [1.82, 2.24) is 5.32 Å². The molecule has 0 rings (SSSR count). The minimum atomic E-state index is -0.938. The minimum absolute atomic E-state index is 0. The maximum atomic E-state index is 11.9. The molecule has 0 radical (unpaired) electrons. The molecule has 0 bridgehead atoms. The zero-order valence-electron chi connectivity index (χ0n) is 20.2. The van der Waals surface area contributed by atoms with Crippen molar-refractivity contribution in [2.24, 2.45) is 0 Å². The molecule has 0 aromatic heterocycles. The topological polar surface area (TPSA) is 66.4 Å². The van der Waals surface area contributed by atoms with E-state index in [2.05, 4.69) is 24.4 Å². The van der Waals surface area contributed by atoms with E-state index >= 15 is 0 Å². The second-order valence-corrected chi connectivity index (χ2v) is 8.56. The Kier molecular flexibility index (Phi) is 27.4. The third kappa shape index (κ3) is 23.2. The van der Waals surface area contributed by atoms with Crippen molar-refractivity contribution in [3.05, 3.63) is 12.2 Å². The number of rotatable bonds is 20. The van der Waals surface area contributed by atoms with Gasteiger partial charge in [-0.25, -0.2) is 4.79 Å². The van der Waals surface area contributed by atoms with Gasteiger partial charge in [0, 0.05) is 6.42 Å². The molecule has 0 fully saturated rings. The summed E-state index contributed by atoms with van der Waals surface area (Å²) in [6.07, 6.45) is 23.5. The van der Waals surface area contributed by atoms with Crippen LogP contribution in [0.4, 0.5) is 0 Å². The average Bonchev–Trinajstić information content (AvgIpc) is 2.67. The quantitative estimate of drug-likeness (QED) is 0.168. The van der Waals surface area contributed by atoms with E-state index in [0.29, 0.717) is 12.8 Å². The number of amides is 1. The van der Waals surface area contributed by atoms with Gasteiger partial charge in [-0.1, -0.05) is 70.4 Å². The van der Waals surface area contributed by atoms with Crippen molar-refractivity contribution in [2.45, 2.75) is 109 Å². The zero-order valence-corrected chi connectivity index (χ0v) is 23.2. The molecule has 0 aliphatic rings. The molecule has 1 amide bonds. The molecule has 166 valence electrons. The summed E-state index contributed by atoms with van der Waals surface area (Å²) in [4.78, 5) is 23.0. The first-order chi connectivity index (χ1) is 13.6. The van der Waals surface area contributed by atoms with E-state index in [4.69, 9.17) is 5.11 Å². The van der Waals surface area contributed by atoms with E-state index < -0.39 is 12.0 Å². The number of unbranched alkanes of at least 4 members (excludes halogenated alkanes) is 11. The summed E-state index contributed by atoms with van der Waals surface area (Å²) in [5, 5.41) is 11.8. The summed E-state index contributed by atoms with van der Waals surface area (Å²) < 4.78 is 0. The monoisotopic (exact) mass is 453 g/mol. The van der Waals surface area contributed by atoms with Crippen molar-refractivity contribution >= 4 is 23.6 Å². The predicted octanol–water partition coefficient (Wildman–Crippen LogP) is 3.46. The van der Waals surface area contributed by atoms with Gasteiger partial charge in [-0.2, -0.15) is 11.8 Å². The van der Waals surface area contributed by atoms with Crippen LogP contribution in [-0.2, 0) is 9.59 Å². The average molecular weight is 454 g/mol. The van der Waals surface area contributed by atoms with Crippen LogP contribution in [0.3, 0.4) is 0 Å². The first-order valence-electron chi connectivity index (χ1n) is 11.3. The van der Waals surface area contributed by atoms with Crippen molar-refractivity contribution < 1.29 is 67.5 Å².